The predicted octanol–water partition coefficient (Wildman–Crippen LogP) is 10.5. The highest BCUT2D eigenvalue weighted by Gasteiger charge is 2.28. The van der Waals surface area contributed by atoms with E-state index in [4.69, 9.17) is 0 Å². The molecule has 0 fully saturated rings. The molecule has 0 spiro atoms. The number of fused-ring (bicyclic) bond motifs is 10. The lowest BCUT2D eigenvalue weighted by atomic mass is 9.59. The highest BCUT2D eigenvalue weighted by atomic mass is 32.1. The van der Waals surface area contributed by atoms with E-state index in [9.17, 15) is 0 Å². The Hall–Kier alpha value is -6.04. The molecule has 5 heteroatoms. The molecule has 4 heterocycles. The number of rotatable bonds is 4. The van der Waals surface area contributed by atoms with Gasteiger partial charge < -0.3 is 14.5 Å². The Labute approximate surface area is 287 Å². The van der Waals surface area contributed by atoms with Crippen LogP contribution in [0.2, 0.25) is 0 Å². The Bertz CT molecular complexity index is 2880. The van der Waals surface area contributed by atoms with Gasteiger partial charge in [0.2, 0.25) is 0 Å². The number of benzene rings is 7. The van der Waals surface area contributed by atoms with Crippen molar-refractivity contribution in [3.05, 3.63) is 158 Å². The Kier molecular flexibility index (Phi) is 5.63. The van der Waals surface area contributed by atoms with Gasteiger partial charge in [-0.2, -0.15) is 0 Å². The zero-order chi connectivity index (χ0) is 32.1. The van der Waals surface area contributed by atoms with Gasteiger partial charge in [0.1, 0.15) is 0 Å². The molecular formula is C44H28BN3S. The van der Waals surface area contributed by atoms with Crippen molar-refractivity contribution in [3.63, 3.8) is 0 Å². The maximum Gasteiger partial charge on any atom is 0.198 e. The van der Waals surface area contributed by atoms with Crippen molar-refractivity contribution in [2.45, 2.75) is 0 Å². The summed E-state index contributed by atoms with van der Waals surface area (Å²) in [5, 5.41) is 5.17. The van der Waals surface area contributed by atoms with E-state index in [1.54, 1.807) is 0 Å². The third kappa shape index (κ3) is 3.85. The molecule has 11 rings (SSSR count). The molecule has 1 aliphatic heterocycles. The van der Waals surface area contributed by atoms with Gasteiger partial charge in [0, 0.05) is 60.1 Å². The highest BCUT2D eigenvalue weighted by molar-refractivity contribution is 7.26. The van der Waals surface area contributed by atoms with Gasteiger partial charge in [-0.15, -0.1) is 11.3 Å². The summed E-state index contributed by atoms with van der Waals surface area (Å²) in [6.45, 7) is 0. The van der Waals surface area contributed by atoms with E-state index in [0.29, 0.717) is 0 Å². The summed E-state index contributed by atoms with van der Waals surface area (Å²) in [4.78, 5) is 6.34. The molecule has 3 aromatic heterocycles. The van der Waals surface area contributed by atoms with Crippen molar-refractivity contribution in [2.75, 3.05) is 4.90 Å². The molecule has 49 heavy (non-hydrogen) atoms. The summed E-state index contributed by atoms with van der Waals surface area (Å²) in [5.41, 5.74) is 14.8. The second-order valence-electron chi connectivity index (χ2n) is 13.0. The van der Waals surface area contributed by atoms with Crippen molar-refractivity contribution in [1.29, 1.82) is 0 Å². The first-order chi connectivity index (χ1) is 24.3. The summed E-state index contributed by atoms with van der Waals surface area (Å²) in [6.07, 6.45) is 0. The summed E-state index contributed by atoms with van der Waals surface area (Å²) >= 11 is 1.88. The molecule has 0 aliphatic carbocycles. The van der Waals surface area contributed by atoms with Gasteiger partial charge in [0.25, 0.3) is 0 Å². The number of nitrogens with zero attached hydrogens (tertiary/aromatic N) is 2. The molecule has 0 bridgehead atoms. The molecule has 1 N–H and O–H groups in total. The third-order valence-corrected chi connectivity index (χ3v) is 11.5. The summed E-state index contributed by atoms with van der Waals surface area (Å²) in [7, 11) is 0.865. The van der Waals surface area contributed by atoms with Crippen LogP contribution in [0.15, 0.2) is 158 Å². The molecule has 228 valence electrons. The van der Waals surface area contributed by atoms with E-state index in [-0.39, 0.29) is 0 Å². The maximum atomic E-state index is 3.94. The van der Waals surface area contributed by atoms with Gasteiger partial charge in [-0.3, -0.25) is 0 Å². The molecule has 3 nitrogen and oxygen atoms in total. The number of aromatic nitrogens is 2. The molecule has 0 saturated heterocycles. The second-order valence-corrected chi connectivity index (χ2v) is 14.0. The van der Waals surface area contributed by atoms with Gasteiger partial charge in [0.05, 0.1) is 21.3 Å². The van der Waals surface area contributed by atoms with E-state index in [2.05, 4.69) is 172 Å². The predicted molar refractivity (Wildman–Crippen MR) is 212 cm³/mol. The lowest BCUT2D eigenvalue weighted by Crippen LogP contribution is -2.37. The van der Waals surface area contributed by atoms with E-state index < -0.39 is 0 Å². The van der Waals surface area contributed by atoms with Crippen LogP contribution in [0.1, 0.15) is 0 Å². The highest BCUT2D eigenvalue weighted by Crippen LogP contribution is 2.44. The fourth-order valence-electron chi connectivity index (χ4n) is 8.26. The smallest absolute Gasteiger partial charge is 0.198 e. The fraction of sp³-hybridized carbons (Fsp3) is 0. The first-order valence-electron chi connectivity index (χ1n) is 16.8. The largest absolute Gasteiger partial charge is 0.353 e. The molecular weight excluding hydrogens is 613 g/mol. The molecule has 0 unspecified atom stereocenters. The summed E-state index contributed by atoms with van der Waals surface area (Å²) < 4.78 is 5.17. The summed E-state index contributed by atoms with van der Waals surface area (Å²) in [6, 6.07) is 57.6. The van der Waals surface area contributed by atoms with Gasteiger partial charge in [-0.05, 0) is 59.6 Å². The van der Waals surface area contributed by atoms with Gasteiger partial charge in [0.15, 0.2) is 7.28 Å². The molecule has 0 atom stereocenters. The molecule has 0 saturated carbocycles. The SMILES string of the molecule is B1c2c(-c3cccc4c3[nH]c3c5ccccc5sc43)cc(N(c3ccccc3)c3ccccc3)cc2-n2c3ccccc3c3cccc1c32. The Morgan fingerprint density at radius 1 is 0.531 bits per heavy atom. The van der Waals surface area contributed by atoms with Crippen LogP contribution in [-0.4, -0.2) is 16.8 Å². The standard InChI is InChI=1S/C44H28BN3S/c1-3-13-27(14-4-1)47(28-15-5-2-6-16-28)29-25-35(31-19-11-21-34-41(31)46-42-33-18-8-10-24-39(33)49-44(34)42)40-38(26-29)48-37-23-9-7-17-30(37)32-20-12-22-36(45-40)43(32)48/h1-26,45-46H. The van der Waals surface area contributed by atoms with Crippen molar-refractivity contribution in [1.82, 2.24) is 9.55 Å². The van der Waals surface area contributed by atoms with Crippen LogP contribution in [0.25, 0.3) is 69.8 Å². The number of thiophene rings is 1. The third-order valence-electron chi connectivity index (χ3n) is 10.3. The van der Waals surface area contributed by atoms with Crippen LogP contribution < -0.4 is 15.8 Å². The van der Waals surface area contributed by atoms with Gasteiger partial charge in [-0.1, -0.05) is 115 Å². The number of hydrogen-bond donors (Lipinski definition) is 1. The number of anilines is 3. The maximum absolute atomic E-state index is 3.94. The van der Waals surface area contributed by atoms with Crippen LogP contribution in [0.3, 0.4) is 0 Å². The normalized spacial score (nSPS) is 12.2. The number of para-hydroxylation sites is 5. The number of hydrogen-bond acceptors (Lipinski definition) is 2. The summed E-state index contributed by atoms with van der Waals surface area (Å²) in [5.74, 6) is 0. The zero-order valence-electron chi connectivity index (χ0n) is 26.5. The number of nitrogens with one attached hydrogen (secondary N) is 1. The van der Waals surface area contributed by atoms with Crippen LogP contribution in [0.5, 0.6) is 0 Å². The minimum Gasteiger partial charge on any atom is -0.353 e. The quantitative estimate of drug-likeness (QED) is 0.190. The zero-order valence-corrected chi connectivity index (χ0v) is 27.3. The monoisotopic (exact) mass is 641 g/mol. The van der Waals surface area contributed by atoms with Crippen LogP contribution in [0, 0.1) is 0 Å². The minimum absolute atomic E-state index is 0.865. The van der Waals surface area contributed by atoms with Crippen LogP contribution in [0.4, 0.5) is 17.1 Å². The lowest BCUT2D eigenvalue weighted by Gasteiger charge is -2.30. The lowest BCUT2D eigenvalue weighted by molar-refractivity contribution is 1.18. The Morgan fingerprint density at radius 2 is 1.20 bits per heavy atom. The number of H-pyrrole nitrogens is 1. The molecule has 7 aromatic carbocycles. The van der Waals surface area contributed by atoms with Gasteiger partial charge >= 0.3 is 0 Å². The van der Waals surface area contributed by atoms with Crippen molar-refractivity contribution < 1.29 is 0 Å². The van der Waals surface area contributed by atoms with Crippen LogP contribution in [-0.2, 0) is 0 Å². The second kappa shape index (κ2) is 10.2. The van der Waals surface area contributed by atoms with Gasteiger partial charge in [-0.25, -0.2) is 0 Å². The molecule has 1 aliphatic rings. The number of aromatic amines is 1. The van der Waals surface area contributed by atoms with E-state index >= 15 is 0 Å². The molecule has 0 amide bonds. The average Bonchev–Trinajstić information content (AvgIpc) is 3.82. The minimum atomic E-state index is 0.865. The van der Waals surface area contributed by atoms with Crippen molar-refractivity contribution in [2.24, 2.45) is 0 Å². The van der Waals surface area contributed by atoms with Crippen molar-refractivity contribution in [3.8, 4) is 16.8 Å². The molecule has 10 aromatic rings. The first kappa shape index (κ1) is 27.0. The Balaban J connectivity index is 1.27. The Morgan fingerprint density at radius 3 is 2.02 bits per heavy atom. The van der Waals surface area contributed by atoms with Crippen LogP contribution >= 0.6 is 11.3 Å². The van der Waals surface area contributed by atoms with E-state index in [0.717, 1.165) is 24.3 Å². The average molecular weight is 642 g/mol. The topological polar surface area (TPSA) is 24.0 Å². The van der Waals surface area contributed by atoms with E-state index in [1.165, 1.54) is 80.8 Å². The van der Waals surface area contributed by atoms with Crippen molar-refractivity contribution >= 4 is 99.6 Å². The van der Waals surface area contributed by atoms with E-state index in [1.807, 2.05) is 11.3 Å². The molecule has 0 radical (unpaired) electrons. The fourth-order valence-corrected chi connectivity index (χ4v) is 9.45. The first-order valence-corrected chi connectivity index (χ1v) is 17.6.